The first-order valence-electron chi connectivity index (χ1n) is 6.83. The quantitative estimate of drug-likeness (QED) is 0.899. The monoisotopic (exact) mass is 271 g/mol. The van der Waals surface area contributed by atoms with Gasteiger partial charge in [-0.2, -0.15) is 4.98 Å². The van der Waals surface area contributed by atoms with Crippen molar-refractivity contribution in [1.29, 1.82) is 0 Å². The van der Waals surface area contributed by atoms with E-state index in [1.165, 1.54) is 25.7 Å². The van der Waals surface area contributed by atoms with Crippen molar-refractivity contribution in [3.8, 4) is 0 Å². The first-order valence-corrected chi connectivity index (χ1v) is 6.83. The summed E-state index contributed by atoms with van der Waals surface area (Å²) in [6.45, 7) is 4.38. The molecular formula is C13H22ClN3O. The second kappa shape index (κ2) is 5.57. The van der Waals surface area contributed by atoms with Gasteiger partial charge in [0.2, 0.25) is 5.89 Å². The summed E-state index contributed by atoms with van der Waals surface area (Å²) in [5.41, 5.74) is 0.117. The molecule has 2 fully saturated rings. The van der Waals surface area contributed by atoms with Crippen LogP contribution in [0.5, 0.6) is 0 Å². The maximum Gasteiger partial charge on any atom is 0.229 e. The number of piperidine rings is 1. The lowest BCUT2D eigenvalue weighted by molar-refractivity contribution is 0.296. The molecule has 0 atom stereocenters. The van der Waals surface area contributed by atoms with Crippen LogP contribution in [0.3, 0.4) is 0 Å². The van der Waals surface area contributed by atoms with Gasteiger partial charge in [-0.1, -0.05) is 24.9 Å². The Morgan fingerprint density at radius 3 is 2.56 bits per heavy atom. The third-order valence-electron chi connectivity index (χ3n) is 4.39. The third kappa shape index (κ3) is 2.54. The summed E-state index contributed by atoms with van der Waals surface area (Å²) in [6, 6.07) is 0. The summed E-state index contributed by atoms with van der Waals surface area (Å²) in [5, 5.41) is 7.63. The molecule has 102 valence electrons. The van der Waals surface area contributed by atoms with Crippen molar-refractivity contribution in [3.63, 3.8) is 0 Å². The molecule has 2 aliphatic rings. The SMILES string of the molecule is CC1(c2noc(C3CCCC3)n2)CCNCC1.Cl. The molecule has 4 nitrogen and oxygen atoms in total. The standard InChI is InChI=1S/C13H21N3O.ClH/c1-13(6-8-14-9-7-13)12-15-11(17-16-12)10-4-2-3-5-10;/h10,14H,2-9H2,1H3;1H. The zero-order chi connectivity index (χ0) is 11.7. The molecule has 1 aromatic heterocycles. The van der Waals surface area contributed by atoms with Gasteiger partial charge in [-0.25, -0.2) is 0 Å². The van der Waals surface area contributed by atoms with Crippen LogP contribution in [0.1, 0.15) is 63.1 Å². The van der Waals surface area contributed by atoms with Crippen LogP contribution in [0.2, 0.25) is 0 Å². The van der Waals surface area contributed by atoms with E-state index in [-0.39, 0.29) is 17.8 Å². The van der Waals surface area contributed by atoms with E-state index in [1.807, 2.05) is 0 Å². The molecule has 1 aliphatic carbocycles. The van der Waals surface area contributed by atoms with Crippen LogP contribution >= 0.6 is 12.4 Å². The van der Waals surface area contributed by atoms with Gasteiger partial charge >= 0.3 is 0 Å². The molecule has 3 rings (SSSR count). The number of hydrogen-bond acceptors (Lipinski definition) is 4. The lowest BCUT2D eigenvalue weighted by Gasteiger charge is -2.30. The minimum atomic E-state index is 0. The van der Waals surface area contributed by atoms with Crippen molar-refractivity contribution in [2.75, 3.05) is 13.1 Å². The number of hydrogen-bond donors (Lipinski definition) is 1. The molecule has 2 heterocycles. The number of nitrogens with zero attached hydrogens (tertiary/aromatic N) is 2. The van der Waals surface area contributed by atoms with Crippen LogP contribution in [-0.4, -0.2) is 23.2 Å². The Morgan fingerprint density at radius 1 is 1.22 bits per heavy atom. The first kappa shape index (κ1) is 13.8. The zero-order valence-corrected chi connectivity index (χ0v) is 11.8. The van der Waals surface area contributed by atoms with Crippen molar-refractivity contribution >= 4 is 12.4 Å². The van der Waals surface area contributed by atoms with Crippen LogP contribution in [-0.2, 0) is 5.41 Å². The van der Waals surface area contributed by atoms with Gasteiger partial charge in [-0.05, 0) is 38.8 Å². The fraction of sp³-hybridized carbons (Fsp3) is 0.846. The summed E-state index contributed by atoms with van der Waals surface area (Å²) in [6.07, 6.45) is 7.28. The van der Waals surface area contributed by atoms with Gasteiger partial charge in [-0.15, -0.1) is 12.4 Å². The number of halogens is 1. The highest BCUT2D eigenvalue weighted by Crippen LogP contribution is 2.36. The van der Waals surface area contributed by atoms with E-state index in [0.29, 0.717) is 5.92 Å². The molecule has 0 amide bonds. The lowest BCUT2D eigenvalue weighted by Crippen LogP contribution is -2.38. The molecule has 0 bridgehead atoms. The topological polar surface area (TPSA) is 51.0 Å². The van der Waals surface area contributed by atoms with Crippen molar-refractivity contribution < 1.29 is 4.52 Å². The minimum absolute atomic E-state index is 0. The molecule has 18 heavy (non-hydrogen) atoms. The summed E-state index contributed by atoms with van der Waals surface area (Å²) >= 11 is 0. The van der Waals surface area contributed by atoms with Gasteiger partial charge in [0.05, 0.1) is 0 Å². The Kier molecular flexibility index (Phi) is 4.28. The molecule has 0 spiro atoms. The van der Waals surface area contributed by atoms with Crippen LogP contribution < -0.4 is 5.32 Å². The highest BCUT2D eigenvalue weighted by atomic mass is 35.5. The first-order chi connectivity index (χ1) is 8.28. The van der Waals surface area contributed by atoms with Crippen LogP contribution in [0.4, 0.5) is 0 Å². The predicted octanol–water partition coefficient (Wildman–Crippen LogP) is 2.79. The number of aromatic nitrogens is 2. The summed E-state index contributed by atoms with van der Waals surface area (Å²) in [7, 11) is 0. The van der Waals surface area contributed by atoms with Gasteiger partial charge in [0.15, 0.2) is 5.82 Å². The molecule has 0 radical (unpaired) electrons. The summed E-state index contributed by atoms with van der Waals surface area (Å²) in [5.74, 6) is 2.35. The van der Waals surface area contributed by atoms with Crippen molar-refractivity contribution in [3.05, 3.63) is 11.7 Å². The van der Waals surface area contributed by atoms with Crippen molar-refractivity contribution in [1.82, 2.24) is 15.5 Å². The molecule has 1 aliphatic heterocycles. The number of rotatable bonds is 2. The number of nitrogens with one attached hydrogen (secondary N) is 1. The van der Waals surface area contributed by atoms with E-state index in [2.05, 4.69) is 22.4 Å². The van der Waals surface area contributed by atoms with E-state index in [4.69, 9.17) is 4.52 Å². The Balaban J connectivity index is 0.00000120. The van der Waals surface area contributed by atoms with Crippen molar-refractivity contribution in [2.24, 2.45) is 0 Å². The highest BCUT2D eigenvalue weighted by Gasteiger charge is 2.34. The molecule has 0 aromatic carbocycles. The smallest absolute Gasteiger partial charge is 0.229 e. The van der Waals surface area contributed by atoms with E-state index in [0.717, 1.165) is 37.6 Å². The summed E-state index contributed by atoms with van der Waals surface area (Å²) in [4.78, 5) is 4.68. The van der Waals surface area contributed by atoms with Crippen LogP contribution in [0, 0.1) is 0 Å². The van der Waals surface area contributed by atoms with E-state index in [1.54, 1.807) is 0 Å². The average Bonchev–Trinajstić information content (AvgIpc) is 3.01. The molecule has 1 aromatic rings. The minimum Gasteiger partial charge on any atom is -0.339 e. The molecule has 5 heteroatoms. The van der Waals surface area contributed by atoms with Crippen LogP contribution in [0.15, 0.2) is 4.52 Å². The average molecular weight is 272 g/mol. The van der Waals surface area contributed by atoms with Gasteiger partial charge in [0.25, 0.3) is 0 Å². The highest BCUT2D eigenvalue weighted by molar-refractivity contribution is 5.85. The van der Waals surface area contributed by atoms with E-state index >= 15 is 0 Å². The maximum absolute atomic E-state index is 5.49. The van der Waals surface area contributed by atoms with Gasteiger partial charge in [0, 0.05) is 11.3 Å². The van der Waals surface area contributed by atoms with Gasteiger partial charge in [-0.3, -0.25) is 0 Å². The fourth-order valence-electron chi connectivity index (χ4n) is 3.02. The Hall–Kier alpha value is -0.610. The molecular weight excluding hydrogens is 250 g/mol. The Bertz CT molecular complexity index is 381. The second-order valence-electron chi connectivity index (χ2n) is 5.75. The molecule has 1 saturated heterocycles. The van der Waals surface area contributed by atoms with Gasteiger partial charge < -0.3 is 9.84 Å². The summed E-state index contributed by atoms with van der Waals surface area (Å²) < 4.78 is 5.49. The Labute approximate surface area is 114 Å². The third-order valence-corrected chi connectivity index (χ3v) is 4.39. The normalized spacial score (nSPS) is 23.8. The van der Waals surface area contributed by atoms with E-state index < -0.39 is 0 Å². The Morgan fingerprint density at radius 2 is 1.89 bits per heavy atom. The molecule has 1 saturated carbocycles. The fourth-order valence-corrected chi connectivity index (χ4v) is 3.02. The zero-order valence-electron chi connectivity index (χ0n) is 10.9. The largest absolute Gasteiger partial charge is 0.339 e. The lowest BCUT2D eigenvalue weighted by atomic mass is 9.80. The second-order valence-corrected chi connectivity index (χ2v) is 5.75. The molecule has 0 unspecified atom stereocenters. The predicted molar refractivity (Wildman–Crippen MR) is 72.2 cm³/mol. The van der Waals surface area contributed by atoms with Crippen LogP contribution in [0.25, 0.3) is 0 Å². The van der Waals surface area contributed by atoms with Crippen molar-refractivity contribution in [2.45, 2.75) is 56.8 Å². The molecule has 1 N–H and O–H groups in total. The maximum atomic E-state index is 5.49. The van der Waals surface area contributed by atoms with Gasteiger partial charge in [0.1, 0.15) is 0 Å². The van der Waals surface area contributed by atoms with E-state index in [9.17, 15) is 0 Å².